The fraction of sp³-hybridized carbons (Fsp3) is 0.360. The molecule has 2 N–H and O–H groups in total. The number of nitrogens with zero attached hydrogens (tertiary/aromatic N) is 2. The van der Waals surface area contributed by atoms with Gasteiger partial charge in [0.25, 0.3) is 11.7 Å². The number of morpholine rings is 1. The number of aliphatic hydroxyl groups is 1. The first-order valence-electron chi connectivity index (χ1n) is 11.1. The minimum atomic E-state index is -0.835. The highest BCUT2D eigenvalue weighted by atomic mass is 35.5. The molecule has 2 fully saturated rings. The molecule has 0 radical (unpaired) electrons. The summed E-state index contributed by atoms with van der Waals surface area (Å²) in [5.74, 6) is -1.66. The number of hydrogen-bond donors (Lipinski definition) is 2. The second-order valence-electron chi connectivity index (χ2n) is 8.24. The second kappa shape index (κ2) is 10.5. The number of methoxy groups -OCH3 is 1. The number of phenols is 1. The van der Waals surface area contributed by atoms with E-state index in [0.717, 1.165) is 19.6 Å². The van der Waals surface area contributed by atoms with E-state index in [1.165, 1.54) is 30.2 Å². The average Bonchev–Trinajstić information content (AvgIpc) is 3.11. The monoisotopic (exact) mass is 486 g/mol. The zero-order chi connectivity index (χ0) is 24.2. The van der Waals surface area contributed by atoms with E-state index in [-0.39, 0.29) is 21.9 Å². The van der Waals surface area contributed by atoms with Crippen molar-refractivity contribution in [2.24, 2.45) is 0 Å². The van der Waals surface area contributed by atoms with Gasteiger partial charge in [-0.3, -0.25) is 14.5 Å². The zero-order valence-corrected chi connectivity index (χ0v) is 19.6. The van der Waals surface area contributed by atoms with Gasteiger partial charge in [0.15, 0.2) is 0 Å². The summed E-state index contributed by atoms with van der Waals surface area (Å²) in [6.07, 6.45) is 0.649. The molecule has 0 unspecified atom stereocenters. The van der Waals surface area contributed by atoms with Gasteiger partial charge in [0.2, 0.25) is 0 Å². The number of phenolic OH excluding ortho intramolecular Hbond substituents is 1. The van der Waals surface area contributed by atoms with Crippen LogP contribution in [0.2, 0.25) is 5.02 Å². The Hall–Kier alpha value is -3.07. The van der Waals surface area contributed by atoms with E-state index in [2.05, 4.69) is 4.90 Å². The number of amides is 1. The Labute approximate surface area is 202 Å². The molecule has 4 rings (SSSR count). The van der Waals surface area contributed by atoms with E-state index in [4.69, 9.17) is 21.1 Å². The summed E-state index contributed by atoms with van der Waals surface area (Å²) in [6.45, 7) is 4.08. The van der Waals surface area contributed by atoms with E-state index >= 15 is 0 Å². The highest BCUT2D eigenvalue weighted by Gasteiger charge is 2.46. The number of Topliss-reactive ketones (excluding diaryl/α,β-unsaturated/α-hetero) is 1. The van der Waals surface area contributed by atoms with Gasteiger partial charge in [0, 0.05) is 31.2 Å². The molecule has 0 aromatic heterocycles. The maximum atomic E-state index is 13.1. The van der Waals surface area contributed by atoms with Crippen LogP contribution in [0.1, 0.15) is 23.6 Å². The molecule has 0 bridgehead atoms. The van der Waals surface area contributed by atoms with Crippen molar-refractivity contribution >= 4 is 29.1 Å². The summed E-state index contributed by atoms with van der Waals surface area (Å²) in [5, 5.41) is 21.7. The number of hydrogen-bond acceptors (Lipinski definition) is 7. The van der Waals surface area contributed by atoms with Crippen molar-refractivity contribution in [2.75, 3.05) is 46.5 Å². The number of carbonyl (C=O) groups excluding carboxylic acids is 2. The smallest absolute Gasteiger partial charge is 0.295 e. The third-order valence-corrected chi connectivity index (χ3v) is 6.38. The SMILES string of the molecule is COc1cccc([C@H]2C(=C(O)c3cc(Cl)ccc3O)C(=O)C(=O)N2CCCN2CCOCC2)c1. The third-order valence-electron chi connectivity index (χ3n) is 6.14. The summed E-state index contributed by atoms with van der Waals surface area (Å²) in [6, 6.07) is 10.4. The van der Waals surface area contributed by atoms with Crippen LogP contribution in [-0.4, -0.2) is 78.2 Å². The number of rotatable bonds is 7. The van der Waals surface area contributed by atoms with Gasteiger partial charge in [-0.1, -0.05) is 23.7 Å². The Kier molecular flexibility index (Phi) is 7.41. The van der Waals surface area contributed by atoms with Crippen LogP contribution < -0.4 is 4.74 Å². The Morgan fingerprint density at radius 3 is 2.65 bits per heavy atom. The molecule has 0 aliphatic carbocycles. The first-order chi connectivity index (χ1) is 16.4. The highest BCUT2D eigenvalue weighted by molar-refractivity contribution is 6.46. The fourth-order valence-electron chi connectivity index (χ4n) is 4.40. The maximum Gasteiger partial charge on any atom is 0.295 e. The van der Waals surface area contributed by atoms with Gasteiger partial charge < -0.3 is 24.6 Å². The van der Waals surface area contributed by atoms with Crippen LogP contribution in [0.25, 0.3) is 5.76 Å². The quantitative estimate of drug-likeness (QED) is 0.352. The molecule has 2 saturated heterocycles. The van der Waals surface area contributed by atoms with Crippen LogP contribution in [-0.2, 0) is 14.3 Å². The minimum absolute atomic E-state index is 0.00767. The lowest BCUT2D eigenvalue weighted by Gasteiger charge is -2.29. The van der Waals surface area contributed by atoms with E-state index in [1.54, 1.807) is 24.3 Å². The normalized spacial score (nSPS) is 20.6. The van der Waals surface area contributed by atoms with Crippen molar-refractivity contribution < 1.29 is 29.3 Å². The Balaban J connectivity index is 1.72. The molecule has 8 nitrogen and oxygen atoms in total. The summed E-state index contributed by atoms with van der Waals surface area (Å²) in [5.41, 5.74) is 0.516. The van der Waals surface area contributed by atoms with Crippen molar-refractivity contribution in [3.05, 3.63) is 64.2 Å². The molecule has 0 spiro atoms. The second-order valence-corrected chi connectivity index (χ2v) is 8.67. The summed E-state index contributed by atoms with van der Waals surface area (Å²) in [7, 11) is 1.53. The Morgan fingerprint density at radius 1 is 1.15 bits per heavy atom. The van der Waals surface area contributed by atoms with Gasteiger partial charge in [-0.2, -0.15) is 0 Å². The molecule has 1 amide bonds. The molecule has 2 aliphatic heterocycles. The van der Waals surface area contributed by atoms with Crippen molar-refractivity contribution in [3.63, 3.8) is 0 Å². The standard InChI is InChI=1S/C25H27ClN2O6/c1-33-18-5-2-4-16(14-18)22-21(23(30)19-15-17(26)6-7-20(19)29)24(31)25(32)28(22)9-3-8-27-10-12-34-13-11-27/h2,4-7,14-15,22,29-30H,3,8-13H2,1H3/t22-/m0/s1. The Bertz CT molecular complexity index is 1110. The number of ketones is 1. The van der Waals surface area contributed by atoms with Crippen molar-refractivity contribution in [2.45, 2.75) is 12.5 Å². The number of halogens is 1. The first kappa shape index (κ1) is 24.1. The molecule has 2 aliphatic rings. The minimum Gasteiger partial charge on any atom is -0.507 e. The van der Waals surface area contributed by atoms with Crippen molar-refractivity contribution in [1.29, 1.82) is 0 Å². The number of likely N-dealkylation sites (tertiary alicyclic amines) is 1. The van der Waals surface area contributed by atoms with Crippen LogP contribution in [0.5, 0.6) is 11.5 Å². The molecule has 2 heterocycles. The molecular weight excluding hydrogens is 460 g/mol. The van der Waals surface area contributed by atoms with Crippen LogP contribution in [0.4, 0.5) is 0 Å². The number of benzene rings is 2. The fourth-order valence-corrected chi connectivity index (χ4v) is 4.57. The lowest BCUT2D eigenvalue weighted by atomic mass is 9.95. The van der Waals surface area contributed by atoms with Crippen LogP contribution >= 0.6 is 11.6 Å². The van der Waals surface area contributed by atoms with E-state index in [9.17, 15) is 19.8 Å². The van der Waals surface area contributed by atoms with E-state index in [1.807, 2.05) is 0 Å². The molecule has 2 aromatic carbocycles. The number of aromatic hydroxyl groups is 1. The van der Waals surface area contributed by atoms with Crippen molar-refractivity contribution in [1.82, 2.24) is 9.80 Å². The molecule has 34 heavy (non-hydrogen) atoms. The largest absolute Gasteiger partial charge is 0.507 e. The third kappa shape index (κ3) is 4.89. The average molecular weight is 487 g/mol. The van der Waals surface area contributed by atoms with Gasteiger partial charge in [-0.15, -0.1) is 0 Å². The maximum absolute atomic E-state index is 13.1. The zero-order valence-electron chi connectivity index (χ0n) is 18.9. The van der Waals surface area contributed by atoms with E-state index in [0.29, 0.717) is 37.5 Å². The highest BCUT2D eigenvalue weighted by Crippen LogP contribution is 2.42. The van der Waals surface area contributed by atoms with Gasteiger partial charge in [-0.25, -0.2) is 0 Å². The predicted molar refractivity (Wildman–Crippen MR) is 127 cm³/mol. The van der Waals surface area contributed by atoms with Crippen LogP contribution in [0.3, 0.4) is 0 Å². The predicted octanol–water partition coefficient (Wildman–Crippen LogP) is 3.20. The summed E-state index contributed by atoms with van der Waals surface area (Å²) >= 11 is 6.06. The van der Waals surface area contributed by atoms with Gasteiger partial charge in [0.1, 0.15) is 17.3 Å². The molecular formula is C25H27ClN2O6. The molecule has 2 aromatic rings. The van der Waals surface area contributed by atoms with Gasteiger partial charge in [0.05, 0.1) is 37.5 Å². The van der Waals surface area contributed by atoms with Crippen molar-refractivity contribution in [3.8, 4) is 11.5 Å². The van der Waals surface area contributed by atoms with Gasteiger partial charge >= 0.3 is 0 Å². The molecule has 1 atom stereocenters. The number of carbonyl (C=O) groups is 2. The lowest BCUT2D eigenvalue weighted by Crippen LogP contribution is -2.38. The lowest BCUT2D eigenvalue weighted by molar-refractivity contribution is -0.140. The van der Waals surface area contributed by atoms with E-state index < -0.39 is 23.5 Å². The number of ether oxygens (including phenoxy) is 2. The summed E-state index contributed by atoms with van der Waals surface area (Å²) < 4.78 is 10.7. The topological polar surface area (TPSA) is 99.5 Å². The summed E-state index contributed by atoms with van der Waals surface area (Å²) in [4.78, 5) is 30.0. The van der Waals surface area contributed by atoms with Crippen LogP contribution in [0, 0.1) is 0 Å². The Morgan fingerprint density at radius 2 is 1.91 bits per heavy atom. The molecule has 0 saturated carbocycles. The molecule has 9 heteroatoms. The molecule has 180 valence electrons. The van der Waals surface area contributed by atoms with Gasteiger partial charge in [-0.05, 0) is 42.3 Å². The number of aliphatic hydroxyl groups excluding tert-OH is 1. The van der Waals surface area contributed by atoms with Crippen LogP contribution in [0.15, 0.2) is 48.0 Å². The first-order valence-corrected chi connectivity index (χ1v) is 11.5.